The van der Waals surface area contributed by atoms with E-state index >= 15 is 0 Å². The molecule has 0 aliphatic carbocycles. The number of carbonyl (C=O) groups excluding carboxylic acids is 1. The summed E-state index contributed by atoms with van der Waals surface area (Å²) >= 11 is 0. The minimum absolute atomic E-state index is 0.0734. The van der Waals surface area contributed by atoms with Gasteiger partial charge in [0.15, 0.2) is 5.82 Å². The standard InChI is InChI=1S/C33H36N6O4/c1-33(2,3)43-32(40)38(4)30-26-16-17-39(31(26)36-21-35-30)29-15-13-25(42-29)20-41-24-12-10-23-11-14-28(37-27(23)18-24)34-19-22-8-6-5-7-9-22/h5-12,14,16-18,21,25,29H,13,15,19-20H2,1-4H3,(H,34,37). The highest BCUT2D eigenvalue weighted by molar-refractivity contribution is 5.97. The SMILES string of the molecule is CN(C(=O)OC(C)(C)C)c1ncnc2c1ccn2C1CCC(COc2ccc3ccc(NCc4ccccc4)nc3c2)O1. The topological polar surface area (TPSA) is 104 Å². The summed E-state index contributed by atoms with van der Waals surface area (Å²) in [6.07, 6.45) is 4.30. The molecule has 0 radical (unpaired) electrons. The van der Waals surface area contributed by atoms with Crippen molar-refractivity contribution in [2.75, 3.05) is 23.9 Å². The van der Waals surface area contributed by atoms with Crippen molar-refractivity contribution in [3.8, 4) is 5.75 Å². The van der Waals surface area contributed by atoms with Gasteiger partial charge in [-0.3, -0.25) is 4.90 Å². The van der Waals surface area contributed by atoms with Crippen LogP contribution in [-0.2, 0) is 16.0 Å². The lowest BCUT2D eigenvalue weighted by atomic mass is 10.2. The molecular weight excluding hydrogens is 544 g/mol. The first-order valence-corrected chi connectivity index (χ1v) is 14.5. The van der Waals surface area contributed by atoms with Gasteiger partial charge in [-0.05, 0) is 69.5 Å². The average Bonchev–Trinajstić information content (AvgIpc) is 3.65. The molecule has 2 atom stereocenters. The van der Waals surface area contributed by atoms with E-state index in [1.807, 2.05) is 80.1 Å². The summed E-state index contributed by atoms with van der Waals surface area (Å²) in [5, 5.41) is 5.19. The van der Waals surface area contributed by atoms with E-state index in [0.29, 0.717) is 24.6 Å². The van der Waals surface area contributed by atoms with Gasteiger partial charge in [0.25, 0.3) is 0 Å². The highest BCUT2D eigenvalue weighted by Gasteiger charge is 2.29. The third-order valence-electron chi connectivity index (χ3n) is 7.28. The van der Waals surface area contributed by atoms with Crippen LogP contribution in [0.15, 0.2) is 79.3 Å². The van der Waals surface area contributed by atoms with Gasteiger partial charge < -0.3 is 24.1 Å². The molecule has 5 aromatic rings. The van der Waals surface area contributed by atoms with Gasteiger partial charge in [0.1, 0.15) is 42.0 Å². The molecule has 0 saturated carbocycles. The fourth-order valence-electron chi connectivity index (χ4n) is 5.15. The van der Waals surface area contributed by atoms with E-state index in [0.717, 1.165) is 40.7 Å². The molecule has 6 rings (SSSR count). The van der Waals surface area contributed by atoms with Crippen molar-refractivity contribution < 1.29 is 19.0 Å². The molecule has 222 valence electrons. The normalized spacial score (nSPS) is 16.8. The molecule has 10 heteroatoms. The zero-order valence-electron chi connectivity index (χ0n) is 24.9. The van der Waals surface area contributed by atoms with Gasteiger partial charge in [0.2, 0.25) is 0 Å². The molecule has 1 fully saturated rings. The molecule has 1 aliphatic heterocycles. The Kier molecular flexibility index (Phi) is 7.86. The van der Waals surface area contributed by atoms with Crippen LogP contribution in [-0.4, -0.2) is 51.0 Å². The minimum Gasteiger partial charge on any atom is -0.491 e. The summed E-state index contributed by atoms with van der Waals surface area (Å²) in [6.45, 7) is 6.64. The molecule has 0 bridgehead atoms. The highest BCUT2D eigenvalue weighted by atomic mass is 16.6. The summed E-state index contributed by atoms with van der Waals surface area (Å²) in [4.78, 5) is 27.7. The van der Waals surface area contributed by atoms with Crippen LogP contribution in [0.5, 0.6) is 5.75 Å². The number of pyridine rings is 1. The Morgan fingerprint density at radius 1 is 1.07 bits per heavy atom. The van der Waals surface area contributed by atoms with Crippen LogP contribution in [0.2, 0.25) is 0 Å². The molecule has 0 spiro atoms. The Morgan fingerprint density at radius 3 is 2.70 bits per heavy atom. The molecule has 1 aliphatic rings. The summed E-state index contributed by atoms with van der Waals surface area (Å²) in [7, 11) is 1.65. The zero-order chi connectivity index (χ0) is 30.0. The Morgan fingerprint density at radius 2 is 1.88 bits per heavy atom. The molecule has 4 heterocycles. The number of nitrogens with one attached hydrogen (secondary N) is 1. The second-order valence-corrected chi connectivity index (χ2v) is 11.7. The molecule has 10 nitrogen and oxygen atoms in total. The number of aromatic nitrogens is 4. The smallest absolute Gasteiger partial charge is 0.415 e. The van der Waals surface area contributed by atoms with Crippen LogP contribution in [0.1, 0.15) is 45.4 Å². The monoisotopic (exact) mass is 580 g/mol. The molecule has 43 heavy (non-hydrogen) atoms. The first kappa shape index (κ1) is 28.4. The number of rotatable bonds is 8. The van der Waals surface area contributed by atoms with Crippen LogP contribution in [0, 0.1) is 0 Å². The third-order valence-corrected chi connectivity index (χ3v) is 7.28. The minimum atomic E-state index is -0.607. The average molecular weight is 581 g/mol. The maximum Gasteiger partial charge on any atom is 0.415 e. The van der Waals surface area contributed by atoms with E-state index in [-0.39, 0.29) is 12.3 Å². The molecule has 2 aromatic carbocycles. The zero-order valence-corrected chi connectivity index (χ0v) is 24.9. The van der Waals surface area contributed by atoms with E-state index in [4.69, 9.17) is 19.2 Å². The molecular formula is C33H36N6O4. The first-order chi connectivity index (χ1) is 20.7. The van der Waals surface area contributed by atoms with Gasteiger partial charge in [-0.15, -0.1) is 0 Å². The largest absolute Gasteiger partial charge is 0.491 e. The van der Waals surface area contributed by atoms with E-state index in [1.165, 1.54) is 16.8 Å². The van der Waals surface area contributed by atoms with Crippen LogP contribution >= 0.6 is 0 Å². The lowest BCUT2D eigenvalue weighted by Gasteiger charge is -2.24. The van der Waals surface area contributed by atoms with Crippen molar-refractivity contribution in [1.82, 2.24) is 19.5 Å². The summed E-state index contributed by atoms with van der Waals surface area (Å²) in [6, 6.07) is 22.2. The van der Waals surface area contributed by atoms with Crippen LogP contribution in [0.25, 0.3) is 21.9 Å². The Labute approximate surface area is 250 Å². The number of carbonyl (C=O) groups is 1. The predicted molar refractivity (Wildman–Crippen MR) is 166 cm³/mol. The van der Waals surface area contributed by atoms with Crippen molar-refractivity contribution in [3.05, 3.63) is 84.8 Å². The number of benzene rings is 2. The van der Waals surface area contributed by atoms with Gasteiger partial charge in [-0.1, -0.05) is 30.3 Å². The Bertz CT molecular complexity index is 1730. The summed E-state index contributed by atoms with van der Waals surface area (Å²) in [5.74, 6) is 2.05. The van der Waals surface area contributed by atoms with Crippen LogP contribution < -0.4 is 15.0 Å². The number of ether oxygens (including phenoxy) is 3. The third kappa shape index (κ3) is 6.54. The number of hydrogen-bond donors (Lipinski definition) is 1. The van der Waals surface area contributed by atoms with Gasteiger partial charge in [-0.25, -0.2) is 19.7 Å². The van der Waals surface area contributed by atoms with Gasteiger partial charge in [0.05, 0.1) is 17.0 Å². The van der Waals surface area contributed by atoms with Gasteiger partial charge in [-0.2, -0.15) is 0 Å². The quantitative estimate of drug-likeness (QED) is 0.216. The van der Waals surface area contributed by atoms with Crippen molar-refractivity contribution in [3.63, 3.8) is 0 Å². The maximum atomic E-state index is 12.7. The molecule has 1 N–H and O–H groups in total. The van der Waals surface area contributed by atoms with Crippen molar-refractivity contribution in [2.24, 2.45) is 0 Å². The Balaban J connectivity index is 1.09. The van der Waals surface area contributed by atoms with Crippen molar-refractivity contribution in [2.45, 2.75) is 58.1 Å². The Hall–Kier alpha value is -4.70. The second kappa shape index (κ2) is 11.9. The fraction of sp³-hybridized carbons (Fsp3) is 0.333. The van der Waals surface area contributed by atoms with Crippen molar-refractivity contribution in [1.29, 1.82) is 0 Å². The lowest BCUT2D eigenvalue weighted by molar-refractivity contribution is -0.0156. The van der Waals surface area contributed by atoms with E-state index in [2.05, 4.69) is 33.5 Å². The lowest BCUT2D eigenvalue weighted by Crippen LogP contribution is -2.34. The second-order valence-electron chi connectivity index (χ2n) is 11.7. The molecule has 3 aromatic heterocycles. The maximum absolute atomic E-state index is 12.7. The van der Waals surface area contributed by atoms with Gasteiger partial charge >= 0.3 is 6.09 Å². The van der Waals surface area contributed by atoms with Crippen molar-refractivity contribution >= 4 is 39.7 Å². The number of anilines is 2. The number of fused-ring (bicyclic) bond motifs is 2. The predicted octanol–water partition coefficient (Wildman–Crippen LogP) is 6.72. The summed E-state index contributed by atoms with van der Waals surface area (Å²) in [5.41, 5.74) is 2.16. The number of nitrogens with zero attached hydrogens (tertiary/aromatic N) is 5. The van der Waals surface area contributed by atoms with E-state index in [9.17, 15) is 4.79 Å². The van der Waals surface area contributed by atoms with Crippen LogP contribution in [0.4, 0.5) is 16.4 Å². The van der Waals surface area contributed by atoms with Gasteiger partial charge in [0, 0.05) is 31.2 Å². The number of amides is 1. The number of hydrogen-bond acceptors (Lipinski definition) is 8. The van der Waals surface area contributed by atoms with E-state index < -0.39 is 11.7 Å². The molecule has 2 unspecified atom stereocenters. The first-order valence-electron chi connectivity index (χ1n) is 14.5. The molecule has 1 saturated heterocycles. The van der Waals surface area contributed by atoms with Crippen LogP contribution in [0.3, 0.4) is 0 Å². The summed E-state index contributed by atoms with van der Waals surface area (Å²) < 4.78 is 20.0. The van der Waals surface area contributed by atoms with E-state index in [1.54, 1.807) is 7.05 Å². The fourth-order valence-corrected chi connectivity index (χ4v) is 5.15. The molecule has 1 amide bonds. The highest BCUT2D eigenvalue weighted by Crippen LogP contribution is 2.34.